The van der Waals surface area contributed by atoms with Crippen molar-refractivity contribution >= 4 is 22.1 Å². The van der Waals surface area contributed by atoms with Gasteiger partial charge in [-0.2, -0.15) is 0 Å². The van der Waals surface area contributed by atoms with Crippen LogP contribution in [0, 0.1) is 0 Å². The van der Waals surface area contributed by atoms with Crippen molar-refractivity contribution in [1.29, 1.82) is 0 Å². The number of hydrogen-bond donors (Lipinski definition) is 1. The van der Waals surface area contributed by atoms with Crippen LogP contribution in [0.4, 0.5) is 0 Å². The molecular formula is C17H14N4. The van der Waals surface area contributed by atoms with E-state index in [1.54, 1.807) is 12.4 Å². The highest BCUT2D eigenvalue weighted by Crippen LogP contribution is 2.23. The van der Waals surface area contributed by atoms with Gasteiger partial charge in [-0.1, -0.05) is 13.0 Å². The van der Waals surface area contributed by atoms with Crippen LogP contribution in [0.5, 0.6) is 0 Å². The van der Waals surface area contributed by atoms with E-state index in [2.05, 4.69) is 45.1 Å². The summed E-state index contributed by atoms with van der Waals surface area (Å²) < 4.78 is 0. The van der Waals surface area contributed by atoms with E-state index in [-0.39, 0.29) is 0 Å². The van der Waals surface area contributed by atoms with Crippen LogP contribution in [0.2, 0.25) is 0 Å². The summed E-state index contributed by atoms with van der Waals surface area (Å²) in [5.74, 6) is 0.866. The second-order valence-corrected chi connectivity index (χ2v) is 5.05. The molecule has 4 aromatic rings. The molecule has 0 aliphatic carbocycles. The standard InChI is InChI=1S/C17H14N4/c1-2-11-3-5-14-16(9-11)21-17(20-14)12-4-6-13-15(10-12)19-8-7-18-13/h3-10H,2H2,1H3,(H,20,21). The average molecular weight is 274 g/mol. The fourth-order valence-corrected chi connectivity index (χ4v) is 2.52. The van der Waals surface area contributed by atoms with Crippen LogP contribution in [-0.2, 0) is 6.42 Å². The zero-order valence-electron chi connectivity index (χ0n) is 11.7. The van der Waals surface area contributed by atoms with Crippen molar-refractivity contribution in [3.63, 3.8) is 0 Å². The first-order chi connectivity index (χ1) is 10.3. The summed E-state index contributed by atoms with van der Waals surface area (Å²) in [6, 6.07) is 12.4. The van der Waals surface area contributed by atoms with Crippen molar-refractivity contribution < 1.29 is 0 Å². The van der Waals surface area contributed by atoms with Gasteiger partial charge >= 0.3 is 0 Å². The fourth-order valence-electron chi connectivity index (χ4n) is 2.52. The molecule has 21 heavy (non-hydrogen) atoms. The van der Waals surface area contributed by atoms with Gasteiger partial charge in [-0.15, -0.1) is 0 Å². The van der Waals surface area contributed by atoms with Crippen LogP contribution in [-0.4, -0.2) is 19.9 Å². The Morgan fingerprint density at radius 1 is 0.905 bits per heavy atom. The number of rotatable bonds is 2. The van der Waals surface area contributed by atoms with Gasteiger partial charge in [0.1, 0.15) is 5.82 Å². The third-order valence-corrected chi connectivity index (χ3v) is 3.70. The van der Waals surface area contributed by atoms with E-state index in [1.165, 1.54) is 5.56 Å². The van der Waals surface area contributed by atoms with E-state index >= 15 is 0 Å². The lowest BCUT2D eigenvalue weighted by atomic mass is 10.1. The number of H-pyrrole nitrogens is 1. The third-order valence-electron chi connectivity index (χ3n) is 3.70. The van der Waals surface area contributed by atoms with Gasteiger partial charge in [0.15, 0.2) is 0 Å². The molecule has 2 heterocycles. The zero-order valence-corrected chi connectivity index (χ0v) is 11.7. The molecule has 2 aromatic carbocycles. The minimum Gasteiger partial charge on any atom is -0.338 e. The molecule has 4 heteroatoms. The van der Waals surface area contributed by atoms with E-state index in [4.69, 9.17) is 0 Å². The van der Waals surface area contributed by atoms with Gasteiger partial charge in [-0.3, -0.25) is 9.97 Å². The largest absolute Gasteiger partial charge is 0.338 e. The fraction of sp³-hybridized carbons (Fsp3) is 0.118. The van der Waals surface area contributed by atoms with Gasteiger partial charge in [0.05, 0.1) is 22.1 Å². The lowest BCUT2D eigenvalue weighted by Crippen LogP contribution is -1.85. The maximum Gasteiger partial charge on any atom is 0.138 e. The smallest absolute Gasteiger partial charge is 0.138 e. The Kier molecular flexibility index (Phi) is 2.67. The number of nitrogens with one attached hydrogen (secondary N) is 1. The Bertz CT molecular complexity index is 940. The van der Waals surface area contributed by atoms with Crippen LogP contribution < -0.4 is 0 Å². The monoisotopic (exact) mass is 274 g/mol. The van der Waals surface area contributed by atoms with Gasteiger partial charge < -0.3 is 4.98 Å². The van der Waals surface area contributed by atoms with Crippen LogP contribution in [0.15, 0.2) is 48.8 Å². The molecular weight excluding hydrogens is 260 g/mol. The third kappa shape index (κ3) is 2.05. The maximum atomic E-state index is 4.66. The molecule has 0 unspecified atom stereocenters. The van der Waals surface area contributed by atoms with Crippen LogP contribution in [0.25, 0.3) is 33.5 Å². The first-order valence-electron chi connectivity index (χ1n) is 7.03. The Morgan fingerprint density at radius 2 is 1.71 bits per heavy atom. The molecule has 4 rings (SSSR count). The summed E-state index contributed by atoms with van der Waals surface area (Å²) >= 11 is 0. The van der Waals surface area contributed by atoms with Crippen LogP contribution in [0.3, 0.4) is 0 Å². The summed E-state index contributed by atoms with van der Waals surface area (Å²) in [7, 11) is 0. The van der Waals surface area contributed by atoms with Gasteiger partial charge in [-0.25, -0.2) is 4.98 Å². The van der Waals surface area contributed by atoms with Crippen LogP contribution in [0.1, 0.15) is 12.5 Å². The Labute approximate surface area is 121 Å². The molecule has 0 fully saturated rings. The maximum absolute atomic E-state index is 4.66. The second kappa shape index (κ2) is 4.66. The highest BCUT2D eigenvalue weighted by Gasteiger charge is 2.07. The Balaban J connectivity index is 1.87. The molecule has 0 saturated carbocycles. The molecule has 0 atom stereocenters. The molecule has 0 aliphatic rings. The van der Waals surface area contributed by atoms with Gasteiger partial charge in [-0.05, 0) is 42.3 Å². The molecule has 0 radical (unpaired) electrons. The Morgan fingerprint density at radius 3 is 2.57 bits per heavy atom. The number of benzene rings is 2. The normalized spacial score (nSPS) is 11.3. The lowest BCUT2D eigenvalue weighted by molar-refractivity contribution is 1.14. The van der Waals surface area contributed by atoms with Crippen molar-refractivity contribution in [2.24, 2.45) is 0 Å². The highest BCUT2D eigenvalue weighted by molar-refractivity contribution is 5.83. The molecule has 0 bridgehead atoms. The molecule has 0 amide bonds. The van der Waals surface area contributed by atoms with Crippen molar-refractivity contribution in [3.05, 3.63) is 54.4 Å². The molecule has 102 valence electrons. The van der Waals surface area contributed by atoms with Crippen molar-refractivity contribution in [2.45, 2.75) is 13.3 Å². The molecule has 2 aromatic heterocycles. The number of aryl methyl sites for hydroxylation is 1. The molecule has 0 aliphatic heterocycles. The predicted octanol–water partition coefficient (Wildman–Crippen LogP) is 3.74. The van der Waals surface area contributed by atoms with E-state index in [9.17, 15) is 0 Å². The zero-order chi connectivity index (χ0) is 14.2. The quantitative estimate of drug-likeness (QED) is 0.606. The van der Waals surface area contributed by atoms with E-state index in [0.29, 0.717) is 0 Å². The minimum atomic E-state index is 0.866. The minimum absolute atomic E-state index is 0.866. The summed E-state index contributed by atoms with van der Waals surface area (Å²) in [6.07, 6.45) is 4.43. The molecule has 0 spiro atoms. The number of hydrogen-bond acceptors (Lipinski definition) is 3. The summed E-state index contributed by atoms with van der Waals surface area (Å²) in [5.41, 5.74) is 6.17. The Hall–Kier alpha value is -2.75. The number of aromatic nitrogens is 4. The van der Waals surface area contributed by atoms with Gasteiger partial charge in [0.25, 0.3) is 0 Å². The number of fused-ring (bicyclic) bond motifs is 2. The van der Waals surface area contributed by atoms with Crippen molar-refractivity contribution in [1.82, 2.24) is 19.9 Å². The van der Waals surface area contributed by atoms with Crippen LogP contribution >= 0.6 is 0 Å². The average Bonchev–Trinajstić information content (AvgIpc) is 2.97. The predicted molar refractivity (Wildman–Crippen MR) is 84.0 cm³/mol. The second-order valence-electron chi connectivity index (χ2n) is 5.05. The van der Waals surface area contributed by atoms with Crippen molar-refractivity contribution in [3.8, 4) is 11.4 Å². The molecule has 0 saturated heterocycles. The molecule has 1 N–H and O–H groups in total. The summed E-state index contributed by atoms with van der Waals surface area (Å²) in [6.45, 7) is 2.15. The van der Waals surface area contributed by atoms with Gasteiger partial charge in [0.2, 0.25) is 0 Å². The van der Waals surface area contributed by atoms with E-state index in [1.807, 2.05) is 18.2 Å². The van der Waals surface area contributed by atoms with Crippen molar-refractivity contribution in [2.75, 3.05) is 0 Å². The van der Waals surface area contributed by atoms with E-state index < -0.39 is 0 Å². The number of aromatic amines is 1. The summed E-state index contributed by atoms with van der Waals surface area (Å²) in [4.78, 5) is 16.7. The number of nitrogens with zero attached hydrogens (tertiary/aromatic N) is 3. The number of imidazole rings is 1. The van der Waals surface area contributed by atoms with E-state index in [0.717, 1.165) is 39.9 Å². The summed E-state index contributed by atoms with van der Waals surface area (Å²) in [5, 5.41) is 0. The first-order valence-corrected chi connectivity index (χ1v) is 7.03. The highest BCUT2D eigenvalue weighted by atomic mass is 14.9. The first kappa shape index (κ1) is 12.0. The lowest BCUT2D eigenvalue weighted by Gasteiger charge is -1.99. The SMILES string of the molecule is CCc1ccc2nc(-c3ccc4nccnc4c3)[nH]c2c1. The van der Waals surface area contributed by atoms with Gasteiger partial charge in [0, 0.05) is 18.0 Å². The molecule has 4 nitrogen and oxygen atoms in total. The topological polar surface area (TPSA) is 54.5 Å².